The molecule has 0 aliphatic carbocycles. The largest absolute Gasteiger partial charge is 0.453 e. The van der Waals surface area contributed by atoms with Gasteiger partial charge in [0.25, 0.3) is 5.91 Å². The quantitative estimate of drug-likeness (QED) is 0.584. The summed E-state index contributed by atoms with van der Waals surface area (Å²) in [6.07, 6.45) is -0.619. The molecule has 1 fully saturated rings. The lowest BCUT2D eigenvalue weighted by Crippen LogP contribution is -2.37. The van der Waals surface area contributed by atoms with Crippen LogP contribution >= 0.6 is 0 Å². The van der Waals surface area contributed by atoms with Crippen LogP contribution in [-0.2, 0) is 19.1 Å². The number of benzene rings is 1. The fourth-order valence-electron chi connectivity index (χ4n) is 2.42. The normalized spacial score (nSPS) is 14.9. The summed E-state index contributed by atoms with van der Waals surface area (Å²) < 4.78 is 5.14. The number of carbonyl (C=O) groups is 4. The number of para-hydroxylation sites is 1. The molecule has 1 aromatic rings. The van der Waals surface area contributed by atoms with E-state index >= 15 is 0 Å². The number of esters is 1. The van der Waals surface area contributed by atoms with Crippen molar-refractivity contribution in [2.24, 2.45) is 0 Å². The van der Waals surface area contributed by atoms with Crippen LogP contribution in [0.25, 0.3) is 0 Å². The third-order valence-corrected chi connectivity index (χ3v) is 3.83. The van der Waals surface area contributed by atoms with Crippen LogP contribution in [-0.4, -0.2) is 55.0 Å². The summed E-state index contributed by atoms with van der Waals surface area (Å²) in [4.78, 5) is 49.4. The molecule has 1 aromatic carbocycles. The molecule has 0 bridgehead atoms. The van der Waals surface area contributed by atoms with E-state index in [1.54, 1.807) is 19.2 Å². The molecule has 0 saturated carbocycles. The Morgan fingerprint density at radius 2 is 1.96 bits per heavy atom. The molecule has 1 saturated heterocycles. The number of hydrogen-bond donors (Lipinski definition) is 1. The van der Waals surface area contributed by atoms with E-state index in [0.717, 1.165) is 4.90 Å². The van der Waals surface area contributed by atoms with Crippen LogP contribution in [0.1, 0.15) is 19.8 Å². The minimum absolute atomic E-state index is 0.0133. The van der Waals surface area contributed by atoms with E-state index in [1.165, 1.54) is 11.8 Å². The zero-order chi connectivity index (χ0) is 18.4. The van der Waals surface area contributed by atoms with Crippen molar-refractivity contribution in [2.45, 2.75) is 25.9 Å². The molecular weight excluding hydrogens is 326 g/mol. The molecule has 8 nitrogen and oxygen atoms in total. The van der Waals surface area contributed by atoms with Gasteiger partial charge in [-0.15, -0.1) is 0 Å². The number of ether oxygens (including phenoxy) is 1. The fraction of sp³-hybridized carbons (Fsp3) is 0.412. The van der Waals surface area contributed by atoms with Gasteiger partial charge in [0, 0.05) is 25.7 Å². The van der Waals surface area contributed by atoms with Gasteiger partial charge in [0.2, 0.25) is 5.91 Å². The SMILES string of the molecule is CC(OC(=O)CCCN1C(=O)CNC1=O)C(=O)N(C)c1ccccc1. The maximum atomic E-state index is 12.3. The van der Waals surface area contributed by atoms with Crippen molar-refractivity contribution in [2.75, 3.05) is 25.0 Å². The monoisotopic (exact) mass is 347 g/mol. The van der Waals surface area contributed by atoms with Crippen LogP contribution in [0.3, 0.4) is 0 Å². The average Bonchev–Trinajstić information content (AvgIpc) is 2.93. The highest BCUT2D eigenvalue weighted by molar-refractivity contribution is 6.02. The summed E-state index contributed by atoms with van der Waals surface area (Å²) in [6, 6.07) is 8.58. The molecule has 1 N–H and O–H groups in total. The lowest BCUT2D eigenvalue weighted by atomic mass is 10.2. The second-order valence-electron chi connectivity index (χ2n) is 5.67. The first-order valence-corrected chi connectivity index (χ1v) is 8.00. The lowest BCUT2D eigenvalue weighted by molar-refractivity contribution is -0.154. The van der Waals surface area contributed by atoms with Crippen LogP contribution in [0.15, 0.2) is 30.3 Å². The first-order valence-electron chi connectivity index (χ1n) is 8.00. The van der Waals surface area contributed by atoms with Crippen LogP contribution < -0.4 is 10.2 Å². The number of amides is 4. The van der Waals surface area contributed by atoms with Gasteiger partial charge in [-0.3, -0.25) is 19.3 Å². The van der Waals surface area contributed by atoms with Gasteiger partial charge in [-0.1, -0.05) is 18.2 Å². The summed E-state index contributed by atoms with van der Waals surface area (Å²) in [5.74, 6) is -1.20. The molecule has 1 atom stereocenters. The number of urea groups is 1. The van der Waals surface area contributed by atoms with Crippen molar-refractivity contribution >= 4 is 29.5 Å². The van der Waals surface area contributed by atoms with Crippen LogP contribution in [0.5, 0.6) is 0 Å². The second kappa shape index (κ2) is 8.27. The van der Waals surface area contributed by atoms with Crippen molar-refractivity contribution in [3.8, 4) is 0 Å². The molecule has 1 heterocycles. The van der Waals surface area contributed by atoms with Crippen molar-refractivity contribution in [1.29, 1.82) is 0 Å². The maximum absolute atomic E-state index is 12.3. The van der Waals surface area contributed by atoms with E-state index in [2.05, 4.69) is 5.32 Å². The Morgan fingerprint density at radius 3 is 2.56 bits per heavy atom. The summed E-state index contributed by atoms with van der Waals surface area (Å²) in [5.41, 5.74) is 0.703. The average molecular weight is 347 g/mol. The molecule has 25 heavy (non-hydrogen) atoms. The Hall–Kier alpha value is -2.90. The molecule has 134 valence electrons. The number of anilines is 1. The first kappa shape index (κ1) is 18.4. The van der Waals surface area contributed by atoms with Crippen molar-refractivity contribution in [3.05, 3.63) is 30.3 Å². The molecular formula is C17H21N3O5. The van der Waals surface area contributed by atoms with E-state index in [0.29, 0.717) is 5.69 Å². The molecule has 8 heteroatoms. The Labute approximate surface area is 145 Å². The van der Waals surface area contributed by atoms with Crippen molar-refractivity contribution in [1.82, 2.24) is 10.2 Å². The summed E-state index contributed by atoms with van der Waals surface area (Å²) in [7, 11) is 1.61. The third kappa shape index (κ3) is 4.79. The molecule has 1 aliphatic rings. The Morgan fingerprint density at radius 1 is 1.28 bits per heavy atom. The van der Waals surface area contributed by atoms with Gasteiger partial charge in [0.15, 0.2) is 6.10 Å². The molecule has 0 aromatic heterocycles. The zero-order valence-electron chi connectivity index (χ0n) is 14.2. The van der Waals surface area contributed by atoms with Gasteiger partial charge in [-0.2, -0.15) is 0 Å². The summed E-state index contributed by atoms with van der Waals surface area (Å²) in [6.45, 7) is 1.64. The summed E-state index contributed by atoms with van der Waals surface area (Å²) >= 11 is 0. The molecule has 0 spiro atoms. The zero-order valence-corrected chi connectivity index (χ0v) is 14.2. The highest BCUT2D eigenvalue weighted by Gasteiger charge is 2.28. The van der Waals surface area contributed by atoms with Crippen molar-refractivity contribution in [3.63, 3.8) is 0 Å². The number of nitrogens with one attached hydrogen (secondary N) is 1. The minimum atomic E-state index is -0.922. The number of hydrogen-bond acceptors (Lipinski definition) is 5. The van der Waals surface area contributed by atoms with Crippen LogP contribution in [0, 0.1) is 0 Å². The van der Waals surface area contributed by atoms with Crippen molar-refractivity contribution < 1.29 is 23.9 Å². The predicted molar refractivity (Wildman–Crippen MR) is 89.8 cm³/mol. The van der Waals surface area contributed by atoms with E-state index in [4.69, 9.17) is 4.74 Å². The summed E-state index contributed by atoms with van der Waals surface area (Å²) in [5, 5.41) is 2.40. The van der Waals surface area contributed by atoms with Gasteiger partial charge in [-0.05, 0) is 25.5 Å². The third-order valence-electron chi connectivity index (χ3n) is 3.83. The standard InChI is InChI=1S/C17H21N3O5/c1-12(16(23)19(2)13-7-4-3-5-8-13)25-15(22)9-6-10-20-14(21)11-18-17(20)24/h3-5,7-8,12H,6,9-11H2,1-2H3,(H,18,24). The van der Waals surface area contributed by atoms with E-state index in [9.17, 15) is 19.2 Å². The minimum Gasteiger partial charge on any atom is -0.453 e. The Bertz CT molecular complexity index is 646. The second-order valence-corrected chi connectivity index (χ2v) is 5.67. The van der Waals surface area contributed by atoms with E-state index in [-0.39, 0.29) is 37.7 Å². The smallest absolute Gasteiger partial charge is 0.324 e. The fourth-order valence-corrected chi connectivity index (χ4v) is 2.42. The topological polar surface area (TPSA) is 96.0 Å². The van der Waals surface area contributed by atoms with E-state index < -0.39 is 18.1 Å². The Balaban J connectivity index is 1.76. The molecule has 1 unspecified atom stereocenters. The van der Waals surface area contributed by atoms with E-state index in [1.807, 2.05) is 18.2 Å². The highest BCUT2D eigenvalue weighted by Crippen LogP contribution is 2.13. The van der Waals surface area contributed by atoms with Crippen LogP contribution in [0.4, 0.5) is 10.5 Å². The predicted octanol–water partition coefficient (Wildman–Crippen LogP) is 0.913. The van der Waals surface area contributed by atoms with Gasteiger partial charge in [0.1, 0.15) is 0 Å². The lowest BCUT2D eigenvalue weighted by Gasteiger charge is -2.21. The number of rotatable bonds is 7. The Kier molecular flexibility index (Phi) is 6.10. The molecule has 0 radical (unpaired) electrons. The number of carbonyl (C=O) groups excluding carboxylic acids is 4. The molecule has 4 amide bonds. The van der Waals surface area contributed by atoms with Crippen LogP contribution in [0.2, 0.25) is 0 Å². The highest BCUT2D eigenvalue weighted by atomic mass is 16.5. The van der Waals surface area contributed by atoms with Gasteiger partial charge in [0.05, 0.1) is 6.54 Å². The number of imide groups is 1. The number of nitrogens with zero attached hydrogens (tertiary/aromatic N) is 2. The van der Waals surface area contributed by atoms with Gasteiger partial charge < -0.3 is 15.0 Å². The first-order chi connectivity index (χ1) is 11.9. The molecule has 2 rings (SSSR count). The number of likely N-dealkylation sites (N-methyl/N-ethyl adjacent to an activating group) is 1. The van der Waals surface area contributed by atoms with Gasteiger partial charge in [-0.25, -0.2) is 4.79 Å². The van der Waals surface area contributed by atoms with Gasteiger partial charge >= 0.3 is 12.0 Å². The maximum Gasteiger partial charge on any atom is 0.324 e. The molecule has 1 aliphatic heterocycles.